The van der Waals surface area contributed by atoms with E-state index >= 15 is 0 Å². The van der Waals surface area contributed by atoms with Crippen molar-refractivity contribution in [2.24, 2.45) is 0 Å². The van der Waals surface area contributed by atoms with Crippen LogP contribution in [0.25, 0.3) is 0 Å². The van der Waals surface area contributed by atoms with Crippen LogP contribution in [0, 0.1) is 0 Å². The highest BCUT2D eigenvalue weighted by atomic mass is 16.5. The minimum Gasteiger partial charge on any atom is -0.493 e. The molecule has 0 fully saturated rings. The lowest BCUT2D eigenvalue weighted by atomic mass is 10.1. The Kier molecular flexibility index (Phi) is 6.74. The number of anilines is 1. The third kappa shape index (κ3) is 4.79. The maximum absolute atomic E-state index is 12.0. The molecule has 19 heavy (non-hydrogen) atoms. The lowest BCUT2D eigenvalue weighted by Gasteiger charge is -2.12. The standard InChI is InChI=1S/C14H21NO4/c1-3-17-9-6-10-19-14(16)13-11(15)7-5-8-12(13)18-4-2/h5,7-8H,3-4,6,9-10,15H2,1-2H3. The summed E-state index contributed by atoms with van der Waals surface area (Å²) in [5, 5.41) is 0. The molecule has 0 amide bonds. The maximum atomic E-state index is 12.0. The first-order valence-corrected chi connectivity index (χ1v) is 6.46. The van der Waals surface area contributed by atoms with Crippen LogP contribution in [0.1, 0.15) is 30.6 Å². The molecule has 106 valence electrons. The third-order valence-electron chi connectivity index (χ3n) is 2.43. The number of carbonyl (C=O) groups excluding carboxylic acids is 1. The van der Waals surface area contributed by atoms with Gasteiger partial charge in [0.05, 0.1) is 13.2 Å². The summed E-state index contributed by atoms with van der Waals surface area (Å²) in [5.41, 5.74) is 6.45. The Hall–Kier alpha value is -1.75. The summed E-state index contributed by atoms with van der Waals surface area (Å²) in [7, 11) is 0. The highest BCUT2D eigenvalue weighted by molar-refractivity contribution is 5.98. The topological polar surface area (TPSA) is 70.8 Å². The Morgan fingerprint density at radius 3 is 2.68 bits per heavy atom. The SMILES string of the molecule is CCOCCCOC(=O)c1c(N)cccc1OCC. The summed E-state index contributed by atoms with van der Waals surface area (Å²) >= 11 is 0. The maximum Gasteiger partial charge on any atom is 0.344 e. The van der Waals surface area contributed by atoms with Gasteiger partial charge in [0.15, 0.2) is 0 Å². The quantitative estimate of drug-likeness (QED) is 0.444. The van der Waals surface area contributed by atoms with E-state index < -0.39 is 5.97 Å². The zero-order valence-electron chi connectivity index (χ0n) is 11.5. The Balaban J connectivity index is 2.60. The van der Waals surface area contributed by atoms with Crippen LogP contribution >= 0.6 is 0 Å². The number of hydrogen-bond acceptors (Lipinski definition) is 5. The molecule has 0 bridgehead atoms. The average molecular weight is 267 g/mol. The smallest absolute Gasteiger partial charge is 0.344 e. The fourth-order valence-corrected chi connectivity index (χ4v) is 1.58. The summed E-state index contributed by atoms with van der Waals surface area (Å²) in [5.74, 6) is -0.00430. The number of esters is 1. The second-order valence-corrected chi connectivity index (χ2v) is 3.84. The highest BCUT2D eigenvalue weighted by Gasteiger charge is 2.17. The molecular formula is C14H21NO4. The molecule has 0 aliphatic carbocycles. The van der Waals surface area contributed by atoms with Gasteiger partial charge in [0.25, 0.3) is 0 Å². The van der Waals surface area contributed by atoms with Crippen molar-refractivity contribution in [3.05, 3.63) is 23.8 Å². The molecule has 0 unspecified atom stereocenters. The molecule has 0 aliphatic heterocycles. The molecule has 1 rings (SSSR count). The third-order valence-corrected chi connectivity index (χ3v) is 2.43. The van der Waals surface area contributed by atoms with Crippen molar-refractivity contribution in [2.75, 3.05) is 32.2 Å². The molecule has 0 aromatic heterocycles. The van der Waals surface area contributed by atoms with Gasteiger partial charge < -0.3 is 19.9 Å². The van der Waals surface area contributed by atoms with Crippen LogP contribution in [-0.2, 0) is 9.47 Å². The van der Waals surface area contributed by atoms with Gasteiger partial charge >= 0.3 is 5.97 Å². The Labute approximate surface area is 113 Å². The number of hydrogen-bond donors (Lipinski definition) is 1. The van der Waals surface area contributed by atoms with Crippen molar-refractivity contribution in [1.82, 2.24) is 0 Å². The second-order valence-electron chi connectivity index (χ2n) is 3.84. The molecule has 0 heterocycles. The molecule has 5 heteroatoms. The van der Waals surface area contributed by atoms with Gasteiger partial charge in [-0.15, -0.1) is 0 Å². The van der Waals surface area contributed by atoms with Gasteiger partial charge in [0, 0.05) is 25.3 Å². The fourth-order valence-electron chi connectivity index (χ4n) is 1.58. The first kappa shape index (κ1) is 15.3. The molecule has 0 saturated carbocycles. The van der Waals surface area contributed by atoms with E-state index in [4.69, 9.17) is 19.9 Å². The number of nitrogens with two attached hydrogens (primary N) is 1. The largest absolute Gasteiger partial charge is 0.493 e. The number of rotatable bonds is 8. The van der Waals surface area contributed by atoms with Gasteiger partial charge in [0.1, 0.15) is 11.3 Å². The zero-order valence-corrected chi connectivity index (χ0v) is 11.5. The van der Waals surface area contributed by atoms with Crippen molar-refractivity contribution in [3.8, 4) is 5.75 Å². The van der Waals surface area contributed by atoms with Crippen molar-refractivity contribution >= 4 is 11.7 Å². The van der Waals surface area contributed by atoms with Crippen LogP contribution in [0.5, 0.6) is 5.75 Å². The van der Waals surface area contributed by atoms with E-state index in [1.807, 2.05) is 13.8 Å². The van der Waals surface area contributed by atoms with Gasteiger partial charge in [-0.3, -0.25) is 0 Å². The Bertz CT molecular complexity index is 406. The highest BCUT2D eigenvalue weighted by Crippen LogP contribution is 2.25. The molecule has 1 aromatic carbocycles. The first-order valence-electron chi connectivity index (χ1n) is 6.46. The predicted molar refractivity (Wildman–Crippen MR) is 73.4 cm³/mol. The monoisotopic (exact) mass is 267 g/mol. The van der Waals surface area contributed by atoms with Crippen molar-refractivity contribution in [3.63, 3.8) is 0 Å². The molecule has 1 aromatic rings. The van der Waals surface area contributed by atoms with E-state index in [1.54, 1.807) is 18.2 Å². The molecule has 0 radical (unpaired) electrons. The van der Waals surface area contributed by atoms with Gasteiger partial charge in [-0.05, 0) is 26.0 Å². The van der Waals surface area contributed by atoms with Crippen LogP contribution in [-0.4, -0.2) is 32.4 Å². The van der Waals surface area contributed by atoms with E-state index in [0.717, 1.165) is 0 Å². The van der Waals surface area contributed by atoms with E-state index in [0.29, 0.717) is 49.8 Å². The average Bonchev–Trinajstić information content (AvgIpc) is 2.39. The Morgan fingerprint density at radius 2 is 2.00 bits per heavy atom. The molecular weight excluding hydrogens is 246 g/mol. The number of ether oxygens (including phenoxy) is 3. The normalized spacial score (nSPS) is 10.2. The molecule has 0 aliphatic rings. The van der Waals surface area contributed by atoms with Gasteiger partial charge in [-0.25, -0.2) is 4.79 Å². The van der Waals surface area contributed by atoms with E-state index in [9.17, 15) is 4.79 Å². The summed E-state index contributed by atoms with van der Waals surface area (Å²) in [6.45, 7) is 5.78. The van der Waals surface area contributed by atoms with Crippen LogP contribution in [0.2, 0.25) is 0 Å². The molecule has 0 spiro atoms. The second kappa shape index (κ2) is 8.37. The number of nitrogen functional groups attached to an aromatic ring is 1. The van der Waals surface area contributed by atoms with Crippen molar-refractivity contribution in [1.29, 1.82) is 0 Å². The van der Waals surface area contributed by atoms with Crippen LogP contribution in [0.4, 0.5) is 5.69 Å². The minimum atomic E-state index is -0.460. The summed E-state index contributed by atoms with van der Waals surface area (Å²) < 4.78 is 15.7. The van der Waals surface area contributed by atoms with Crippen LogP contribution < -0.4 is 10.5 Å². The van der Waals surface area contributed by atoms with Crippen LogP contribution in [0.15, 0.2) is 18.2 Å². The molecule has 5 nitrogen and oxygen atoms in total. The molecule has 0 saturated heterocycles. The van der Waals surface area contributed by atoms with Gasteiger partial charge in [-0.2, -0.15) is 0 Å². The summed E-state index contributed by atoms with van der Waals surface area (Å²) in [6, 6.07) is 5.10. The summed E-state index contributed by atoms with van der Waals surface area (Å²) in [4.78, 5) is 12.0. The lowest BCUT2D eigenvalue weighted by molar-refractivity contribution is 0.0449. The van der Waals surface area contributed by atoms with Crippen molar-refractivity contribution in [2.45, 2.75) is 20.3 Å². The number of benzene rings is 1. The fraction of sp³-hybridized carbons (Fsp3) is 0.500. The number of carbonyl (C=O) groups is 1. The zero-order chi connectivity index (χ0) is 14.1. The van der Waals surface area contributed by atoms with Gasteiger partial charge in [-0.1, -0.05) is 6.07 Å². The summed E-state index contributed by atoms with van der Waals surface area (Å²) in [6.07, 6.45) is 0.663. The van der Waals surface area contributed by atoms with E-state index in [2.05, 4.69) is 0 Å². The van der Waals surface area contributed by atoms with E-state index in [1.165, 1.54) is 0 Å². The minimum absolute atomic E-state index is 0.292. The Morgan fingerprint density at radius 1 is 1.21 bits per heavy atom. The lowest BCUT2D eigenvalue weighted by Crippen LogP contribution is -2.12. The first-order chi connectivity index (χ1) is 9.20. The van der Waals surface area contributed by atoms with Gasteiger partial charge in [0.2, 0.25) is 0 Å². The molecule has 0 atom stereocenters. The predicted octanol–water partition coefficient (Wildman–Crippen LogP) is 2.25. The van der Waals surface area contributed by atoms with Crippen LogP contribution in [0.3, 0.4) is 0 Å². The van der Waals surface area contributed by atoms with Crippen molar-refractivity contribution < 1.29 is 19.0 Å². The molecule has 2 N–H and O–H groups in total. The van der Waals surface area contributed by atoms with E-state index in [-0.39, 0.29) is 0 Å².